The number of hydrogen-bond donors (Lipinski definition) is 1. The van der Waals surface area contributed by atoms with E-state index in [1.165, 1.54) is 0 Å². The van der Waals surface area contributed by atoms with Gasteiger partial charge in [-0.25, -0.2) is 0 Å². The molecule has 2 aliphatic rings. The minimum absolute atomic E-state index is 0.0409. The highest BCUT2D eigenvalue weighted by atomic mass is 19.1. The van der Waals surface area contributed by atoms with Gasteiger partial charge in [0.25, 0.3) is 0 Å². The fourth-order valence-electron chi connectivity index (χ4n) is 3.57. The van der Waals surface area contributed by atoms with E-state index in [9.17, 15) is 8.78 Å². The normalized spacial score (nSPS) is 31.2. The van der Waals surface area contributed by atoms with Crippen LogP contribution in [0.2, 0.25) is 0 Å². The lowest BCUT2D eigenvalue weighted by Crippen LogP contribution is -2.71. The molecule has 0 aromatic carbocycles. The first-order valence-electron chi connectivity index (χ1n) is 6.37. The Morgan fingerprint density at radius 2 is 1.82 bits per heavy atom. The van der Waals surface area contributed by atoms with Crippen molar-refractivity contribution in [2.45, 2.75) is 45.3 Å². The molecule has 0 aromatic heterocycles. The van der Waals surface area contributed by atoms with Crippen LogP contribution in [0, 0.1) is 10.8 Å². The van der Waals surface area contributed by atoms with Crippen LogP contribution in [0.5, 0.6) is 0 Å². The molecule has 4 heteroatoms. The van der Waals surface area contributed by atoms with Gasteiger partial charge >= 0.3 is 0 Å². The summed E-state index contributed by atoms with van der Waals surface area (Å²) in [6.07, 6.45) is 1.00. The summed E-state index contributed by atoms with van der Waals surface area (Å²) in [5.41, 5.74) is -1.09. The van der Waals surface area contributed by atoms with Crippen LogP contribution < -0.4 is 5.32 Å². The zero-order valence-corrected chi connectivity index (χ0v) is 11.0. The fraction of sp³-hybridized carbons (Fsp3) is 1.00. The summed E-state index contributed by atoms with van der Waals surface area (Å²) in [7, 11) is 0. The molecule has 1 unspecified atom stereocenters. The van der Waals surface area contributed by atoms with Crippen LogP contribution in [-0.2, 0) is 4.74 Å². The van der Waals surface area contributed by atoms with Crippen molar-refractivity contribution in [2.24, 2.45) is 10.8 Å². The zero-order chi connectivity index (χ0) is 12.7. The minimum Gasteiger partial charge on any atom is -0.372 e. The van der Waals surface area contributed by atoms with Crippen LogP contribution in [-0.4, -0.2) is 38.1 Å². The second-order valence-electron chi connectivity index (χ2n) is 6.79. The van der Waals surface area contributed by atoms with E-state index in [4.69, 9.17) is 4.74 Å². The summed E-state index contributed by atoms with van der Waals surface area (Å²) in [4.78, 5) is 0. The van der Waals surface area contributed by atoms with Gasteiger partial charge in [0, 0.05) is 18.0 Å². The van der Waals surface area contributed by atoms with Crippen LogP contribution in [0.15, 0.2) is 0 Å². The Labute approximate surface area is 102 Å². The van der Waals surface area contributed by atoms with Crippen molar-refractivity contribution >= 4 is 0 Å². The lowest BCUT2D eigenvalue weighted by atomic mass is 9.54. The molecular weight excluding hydrogens is 224 g/mol. The number of ether oxygens (including phenoxy) is 1. The standard InChI is InChI=1S/C13H23F2NO/c1-11(2,3)10-13(17-5-4-16-10)6-12(7-13,8-14)9-15/h10,16H,4-9H2,1-3H3. The maximum absolute atomic E-state index is 12.9. The zero-order valence-electron chi connectivity index (χ0n) is 11.0. The maximum atomic E-state index is 12.9. The summed E-state index contributed by atoms with van der Waals surface area (Å²) >= 11 is 0. The topological polar surface area (TPSA) is 21.3 Å². The van der Waals surface area contributed by atoms with Crippen LogP contribution in [0.4, 0.5) is 8.78 Å². The van der Waals surface area contributed by atoms with Crippen LogP contribution in [0.25, 0.3) is 0 Å². The van der Waals surface area contributed by atoms with Gasteiger partial charge in [0.1, 0.15) is 0 Å². The highest BCUT2D eigenvalue weighted by Gasteiger charge is 2.62. The van der Waals surface area contributed by atoms with Crippen LogP contribution >= 0.6 is 0 Å². The third-order valence-electron chi connectivity index (χ3n) is 4.15. The van der Waals surface area contributed by atoms with E-state index in [1.54, 1.807) is 0 Å². The molecule has 1 aliphatic heterocycles. The van der Waals surface area contributed by atoms with E-state index in [-0.39, 0.29) is 17.1 Å². The van der Waals surface area contributed by atoms with E-state index < -0.39 is 18.8 Å². The number of halogens is 2. The molecule has 0 amide bonds. The SMILES string of the molecule is CC(C)(C)C1NCCOC12CC(CF)(CF)C2. The maximum Gasteiger partial charge on any atom is 0.0977 e. The van der Waals surface area contributed by atoms with Gasteiger partial charge < -0.3 is 10.1 Å². The Balaban J connectivity index is 2.14. The molecule has 1 N–H and O–H groups in total. The average Bonchev–Trinajstić information content (AvgIpc) is 2.24. The summed E-state index contributed by atoms with van der Waals surface area (Å²) < 4.78 is 31.8. The second-order valence-corrected chi connectivity index (χ2v) is 6.79. The predicted molar refractivity (Wildman–Crippen MR) is 63.5 cm³/mol. The second kappa shape index (κ2) is 4.16. The first-order chi connectivity index (χ1) is 7.87. The Bertz CT molecular complexity index is 276. The smallest absolute Gasteiger partial charge is 0.0977 e. The fourth-order valence-corrected chi connectivity index (χ4v) is 3.57. The Morgan fingerprint density at radius 3 is 2.29 bits per heavy atom. The Kier molecular flexibility index (Phi) is 3.24. The third kappa shape index (κ3) is 2.10. The molecule has 2 nitrogen and oxygen atoms in total. The predicted octanol–water partition coefficient (Wildman–Crippen LogP) is 2.48. The van der Waals surface area contributed by atoms with Gasteiger partial charge in [-0.15, -0.1) is 0 Å². The van der Waals surface area contributed by atoms with Crippen molar-refractivity contribution in [1.82, 2.24) is 5.32 Å². The largest absolute Gasteiger partial charge is 0.372 e. The summed E-state index contributed by atoms with van der Waals surface area (Å²) in [5, 5.41) is 3.47. The molecule has 0 aromatic rings. The summed E-state index contributed by atoms with van der Waals surface area (Å²) in [5.74, 6) is 0. The van der Waals surface area contributed by atoms with E-state index in [1.807, 2.05) is 0 Å². The highest BCUT2D eigenvalue weighted by Crippen LogP contribution is 2.56. The molecule has 17 heavy (non-hydrogen) atoms. The molecule has 1 aliphatic carbocycles. The molecule has 1 saturated carbocycles. The quantitative estimate of drug-likeness (QED) is 0.809. The molecule has 1 spiro atoms. The number of hydrogen-bond acceptors (Lipinski definition) is 2. The van der Waals surface area contributed by atoms with Crippen molar-refractivity contribution < 1.29 is 13.5 Å². The first-order valence-corrected chi connectivity index (χ1v) is 6.37. The summed E-state index contributed by atoms with van der Waals surface area (Å²) in [6, 6.07) is 0.176. The average molecular weight is 247 g/mol. The van der Waals surface area contributed by atoms with Crippen molar-refractivity contribution in [3.8, 4) is 0 Å². The Hall–Kier alpha value is -0.220. The molecule has 0 radical (unpaired) electrons. The molecule has 0 bridgehead atoms. The third-order valence-corrected chi connectivity index (χ3v) is 4.15. The van der Waals surface area contributed by atoms with Crippen molar-refractivity contribution in [3.63, 3.8) is 0 Å². The van der Waals surface area contributed by atoms with Crippen molar-refractivity contribution in [3.05, 3.63) is 0 Å². The van der Waals surface area contributed by atoms with Gasteiger partial charge in [0.05, 0.1) is 25.6 Å². The minimum atomic E-state index is -0.775. The Morgan fingerprint density at radius 1 is 1.24 bits per heavy atom. The summed E-state index contributed by atoms with van der Waals surface area (Å²) in [6.45, 7) is 6.74. The molecule has 2 rings (SSSR count). The van der Waals surface area contributed by atoms with Crippen LogP contribution in [0.1, 0.15) is 33.6 Å². The van der Waals surface area contributed by atoms with E-state index in [0.717, 1.165) is 6.54 Å². The number of alkyl halides is 2. The van der Waals surface area contributed by atoms with Gasteiger partial charge in [-0.1, -0.05) is 20.8 Å². The molecule has 1 heterocycles. The van der Waals surface area contributed by atoms with Crippen molar-refractivity contribution in [1.29, 1.82) is 0 Å². The highest BCUT2D eigenvalue weighted by molar-refractivity contribution is 5.14. The van der Waals surface area contributed by atoms with Gasteiger partial charge in [-0.3, -0.25) is 8.78 Å². The van der Waals surface area contributed by atoms with Crippen molar-refractivity contribution in [2.75, 3.05) is 26.5 Å². The van der Waals surface area contributed by atoms with E-state index in [0.29, 0.717) is 19.4 Å². The molecule has 100 valence electrons. The number of rotatable bonds is 2. The van der Waals surface area contributed by atoms with E-state index >= 15 is 0 Å². The first kappa shape index (κ1) is 13.2. The molecular formula is C13H23F2NO. The molecule has 1 saturated heterocycles. The number of nitrogens with one attached hydrogen (secondary N) is 1. The van der Waals surface area contributed by atoms with Gasteiger partial charge in [0.15, 0.2) is 0 Å². The van der Waals surface area contributed by atoms with Gasteiger partial charge in [0.2, 0.25) is 0 Å². The number of morpholine rings is 1. The molecule has 1 atom stereocenters. The van der Waals surface area contributed by atoms with E-state index in [2.05, 4.69) is 26.1 Å². The monoisotopic (exact) mass is 247 g/mol. The molecule has 2 fully saturated rings. The lowest BCUT2D eigenvalue weighted by molar-refractivity contribution is -0.226. The van der Waals surface area contributed by atoms with Gasteiger partial charge in [-0.2, -0.15) is 0 Å². The lowest BCUT2D eigenvalue weighted by Gasteiger charge is -2.61. The van der Waals surface area contributed by atoms with Gasteiger partial charge in [-0.05, 0) is 18.3 Å². The van der Waals surface area contributed by atoms with Crippen LogP contribution in [0.3, 0.4) is 0 Å².